The standard InChI is InChI=1S/C10H17N3O2/c1-3-9(7-14)12-10(15)8(2)13-6-4-5-11-13/h4-6,8-9,14H,3,7H2,1-2H3,(H,12,15)/t8?,9-/m0/s1. The van der Waals surface area contributed by atoms with Crippen LogP contribution in [0.3, 0.4) is 0 Å². The molecule has 1 rings (SSSR count). The zero-order valence-electron chi connectivity index (χ0n) is 9.05. The van der Waals surface area contributed by atoms with Crippen LogP contribution in [0, 0.1) is 0 Å². The normalized spacial score (nSPS) is 14.6. The average Bonchev–Trinajstić information content (AvgIpc) is 2.77. The molecule has 0 aliphatic rings. The van der Waals surface area contributed by atoms with Crippen molar-refractivity contribution in [3.05, 3.63) is 18.5 Å². The quantitative estimate of drug-likeness (QED) is 0.737. The van der Waals surface area contributed by atoms with Gasteiger partial charge in [0.05, 0.1) is 12.6 Å². The number of aliphatic hydroxyl groups excluding tert-OH is 1. The highest BCUT2D eigenvalue weighted by Gasteiger charge is 2.17. The summed E-state index contributed by atoms with van der Waals surface area (Å²) >= 11 is 0. The third kappa shape index (κ3) is 3.06. The van der Waals surface area contributed by atoms with Crippen molar-refractivity contribution in [2.24, 2.45) is 0 Å². The number of hydrogen-bond donors (Lipinski definition) is 2. The van der Waals surface area contributed by atoms with Crippen LogP contribution < -0.4 is 5.32 Å². The Morgan fingerprint density at radius 2 is 2.40 bits per heavy atom. The molecule has 2 N–H and O–H groups in total. The molecule has 84 valence electrons. The van der Waals surface area contributed by atoms with Gasteiger partial charge in [-0.25, -0.2) is 0 Å². The van der Waals surface area contributed by atoms with Gasteiger partial charge in [0.25, 0.3) is 0 Å². The summed E-state index contributed by atoms with van der Waals surface area (Å²) in [4.78, 5) is 11.7. The molecule has 1 aromatic rings. The van der Waals surface area contributed by atoms with Crippen LogP contribution in [0.25, 0.3) is 0 Å². The molecule has 0 saturated heterocycles. The van der Waals surface area contributed by atoms with Gasteiger partial charge >= 0.3 is 0 Å². The van der Waals surface area contributed by atoms with Gasteiger partial charge in [0.1, 0.15) is 6.04 Å². The number of carbonyl (C=O) groups is 1. The molecule has 0 saturated carbocycles. The topological polar surface area (TPSA) is 67.2 Å². The van der Waals surface area contributed by atoms with Crippen LogP contribution >= 0.6 is 0 Å². The molecule has 0 bridgehead atoms. The molecule has 1 aromatic heterocycles. The lowest BCUT2D eigenvalue weighted by Gasteiger charge is -2.18. The third-order valence-corrected chi connectivity index (χ3v) is 2.36. The number of nitrogens with one attached hydrogen (secondary N) is 1. The van der Waals surface area contributed by atoms with Crippen molar-refractivity contribution >= 4 is 5.91 Å². The molecule has 0 aromatic carbocycles. The molecule has 0 spiro atoms. The van der Waals surface area contributed by atoms with Gasteiger partial charge in [-0.1, -0.05) is 6.92 Å². The second-order valence-corrected chi connectivity index (χ2v) is 3.46. The lowest BCUT2D eigenvalue weighted by Crippen LogP contribution is -2.40. The number of aliphatic hydroxyl groups is 1. The predicted molar refractivity (Wildman–Crippen MR) is 56.2 cm³/mol. The van der Waals surface area contributed by atoms with Crippen molar-refractivity contribution in [2.75, 3.05) is 6.61 Å². The van der Waals surface area contributed by atoms with E-state index in [2.05, 4.69) is 10.4 Å². The predicted octanol–water partition coefficient (Wildman–Crippen LogP) is 0.331. The molecule has 2 atom stereocenters. The van der Waals surface area contributed by atoms with Crippen LogP contribution in [0.5, 0.6) is 0 Å². The van der Waals surface area contributed by atoms with E-state index < -0.39 is 0 Å². The molecule has 1 amide bonds. The summed E-state index contributed by atoms with van der Waals surface area (Å²) < 4.78 is 1.58. The minimum atomic E-state index is -0.347. The first-order valence-electron chi connectivity index (χ1n) is 5.09. The fraction of sp³-hybridized carbons (Fsp3) is 0.600. The van der Waals surface area contributed by atoms with E-state index in [1.807, 2.05) is 6.92 Å². The van der Waals surface area contributed by atoms with E-state index in [1.165, 1.54) is 0 Å². The molecule has 5 nitrogen and oxygen atoms in total. The lowest BCUT2D eigenvalue weighted by molar-refractivity contribution is -0.125. The van der Waals surface area contributed by atoms with Gasteiger partial charge in [-0.3, -0.25) is 9.48 Å². The van der Waals surface area contributed by atoms with E-state index in [4.69, 9.17) is 5.11 Å². The Morgan fingerprint density at radius 1 is 1.67 bits per heavy atom. The van der Waals surface area contributed by atoms with Crippen molar-refractivity contribution in [3.63, 3.8) is 0 Å². The van der Waals surface area contributed by atoms with Gasteiger partial charge in [-0.05, 0) is 19.4 Å². The number of carbonyl (C=O) groups excluding carboxylic acids is 1. The SMILES string of the molecule is CC[C@@H](CO)NC(=O)C(C)n1cccn1. The number of nitrogens with zero attached hydrogens (tertiary/aromatic N) is 2. The summed E-state index contributed by atoms with van der Waals surface area (Å²) in [6.07, 6.45) is 4.09. The van der Waals surface area contributed by atoms with Crippen molar-refractivity contribution in [1.29, 1.82) is 0 Å². The first-order valence-corrected chi connectivity index (χ1v) is 5.09. The summed E-state index contributed by atoms with van der Waals surface area (Å²) in [5, 5.41) is 15.7. The largest absolute Gasteiger partial charge is 0.394 e. The Balaban J connectivity index is 2.53. The van der Waals surface area contributed by atoms with Crippen LogP contribution in [0.15, 0.2) is 18.5 Å². The molecule has 0 aliphatic heterocycles. The lowest BCUT2D eigenvalue weighted by atomic mass is 10.2. The summed E-state index contributed by atoms with van der Waals surface area (Å²) in [6, 6.07) is 1.25. The number of aromatic nitrogens is 2. The minimum absolute atomic E-state index is 0.0337. The Bertz CT molecular complexity index is 294. The molecule has 5 heteroatoms. The smallest absolute Gasteiger partial charge is 0.244 e. The second kappa shape index (κ2) is 5.50. The van der Waals surface area contributed by atoms with Crippen molar-refractivity contribution in [1.82, 2.24) is 15.1 Å². The number of rotatable bonds is 5. The number of hydrogen-bond acceptors (Lipinski definition) is 3. The van der Waals surface area contributed by atoms with E-state index in [1.54, 1.807) is 30.1 Å². The van der Waals surface area contributed by atoms with Crippen molar-refractivity contribution in [2.45, 2.75) is 32.4 Å². The number of amides is 1. The maximum atomic E-state index is 11.7. The molecule has 1 unspecified atom stereocenters. The van der Waals surface area contributed by atoms with Crippen LogP contribution in [0.4, 0.5) is 0 Å². The van der Waals surface area contributed by atoms with Crippen molar-refractivity contribution in [3.8, 4) is 0 Å². The molecule has 0 radical (unpaired) electrons. The highest BCUT2D eigenvalue weighted by molar-refractivity contribution is 5.80. The fourth-order valence-electron chi connectivity index (χ4n) is 1.23. The van der Waals surface area contributed by atoms with Crippen LogP contribution in [-0.4, -0.2) is 33.4 Å². The monoisotopic (exact) mass is 211 g/mol. The molecular formula is C10H17N3O2. The Kier molecular flexibility index (Phi) is 4.30. The summed E-state index contributed by atoms with van der Waals surface area (Å²) in [6.45, 7) is 3.65. The first-order chi connectivity index (χ1) is 7.19. The highest BCUT2D eigenvalue weighted by Crippen LogP contribution is 2.04. The summed E-state index contributed by atoms with van der Waals surface area (Å²) in [7, 11) is 0. The van der Waals surface area contributed by atoms with E-state index in [-0.39, 0.29) is 24.6 Å². The van der Waals surface area contributed by atoms with Gasteiger partial charge in [0.2, 0.25) is 5.91 Å². The van der Waals surface area contributed by atoms with E-state index in [0.717, 1.165) is 0 Å². The maximum absolute atomic E-state index is 11.7. The van der Waals surface area contributed by atoms with Gasteiger partial charge in [0, 0.05) is 12.4 Å². The molecule has 15 heavy (non-hydrogen) atoms. The van der Waals surface area contributed by atoms with Crippen molar-refractivity contribution < 1.29 is 9.90 Å². The van der Waals surface area contributed by atoms with Gasteiger partial charge in [0.15, 0.2) is 0 Å². The molecule has 0 fully saturated rings. The fourth-order valence-corrected chi connectivity index (χ4v) is 1.23. The molecular weight excluding hydrogens is 194 g/mol. The zero-order valence-corrected chi connectivity index (χ0v) is 9.05. The van der Waals surface area contributed by atoms with Gasteiger partial charge in [-0.2, -0.15) is 5.10 Å². The van der Waals surface area contributed by atoms with E-state index in [9.17, 15) is 4.79 Å². The Hall–Kier alpha value is -1.36. The van der Waals surface area contributed by atoms with Crippen LogP contribution in [0.1, 0.15) is 26.3 Å². The minimum Gasteiger partial charge on any atom is -0.394 e. The first kappa shape index (κ1) is 11.7. The molecule has 0 aliphatic carbocycles. The zero-order chi connectivity index (χ0) is 11.3. The van der Waals surface area contributed by atoms with E-state index >= 15 is 0 Å². The maximum Gasteiger partial charge on any atom is 0.244 e. The summed E-state index contributed by atoms with van der Waals surface area (Å²) in [5.41, 5.74) is 0. The second-order valence-electron chi connectivity index (χ2n) is 3.46. The third-order valence-electron chi connectivity index (χ3n) is 2.36. The van der Waals surface area contributed by atoms with Gasteiger partial charge < -0.3 is 10.4 Å². The summed E-state index contributed by atoms with van der Waals surface area (Å²) in [5.74, 6) is -0.125. The Morgan fingerprint density at radius 3 is 2.87 bits per heavy atom. The van der Waals surface area contributed by atoms with E-state index in [0.29, 0.717) is 6.42 Å². The average molecular weight is 211 g/mol. The molecule has 1 heterocycles. The van der Waals surface area contributed by atoms with Crippen LogP contribution in [-0.2, 0) is 4.79 Å². The Labute approximate surface area is 89.1 Å². The van der Waals surface area contributed by atoms with Crippen LogP contribution in [0.2, 0.25) is 0 Å². The highest BCUT2D eigenvalue weighted by atomic mass is 16.3. The van der Waals surface area contributed by atoms with Gasteiger partial charge in [-0.15, -0.1) is 0 Å².